The van der Waals surface area contributed by atoms with Gasteiger partial charge in [-0.15, -0.1) is 0 Å². The molecule has 3 N–H and O–H groups in total. The Hall–Kier alpha value is -2.48. The number of aryl methyl sites for hydroxylation is 1. The monoisotopic (exact) mass is 465 g/mol. The van der Waals surface area contributed by atoms with Crippen molar-refractivity contribution in [2.24, 2.45) is 12.8 Å². The topological polar surface area (TPSA) is 76.9 Å². The normalized spacial score (nSPS) is 12.5. The lowest BCUT2D eigenvalue weighted by atomic mass is 10.0. The van der Waals surface area contributed by atoms with Crippen LogP contribution in [0.3, 0.4) is 0 Å². The van der Waals surface area contributed by atoms with E-state index in [-0.39, 0.29) is 6.04 Å². The molecular weight excluding hydrogens is 422 g/mol. The zero-order valence-electron chi connectivity index (χ0n) is 21.3. The number of benzene rings is 1. The molecule has 1 aromatic carbocycles. The third kappa shape index (κ3) is 8.38. The molecule has 0 spiro atoms. The molecule has 2 heterocycles. The molecule has 7 nitrogen and oxygen atoms in total. The van der Waals surface area contributed by atoms with Crippen molar-refractivity contribution < 1.29 is 0 Å². The summed E-state index contributed by atoms with van der Waals surface area (Å²) in [5.74, 6) is 2.04. The number of nitrogens with one attached hydrogen (secondary N) is 1. The van der Waals surface area contributed by atoms with Gasteiger partial charge in [-0.2, -0.15) is 0 Å². The van der Waals surface area contributed by atoms with Crippen molar-refractivity contribution >= 4 is 0 Å². The Bertz CT molecular complexity index is 938. The first-order valence-corrected chi connectivity index (χ1v) is 12.8. The van der Waals surface area contributed by atoms with Crippen molar-refractivity contribution in [3.8, 4) is 0 Å². The summed E-state index contributed by atoms with van der Waals surface area (Å²) in [7, 11) is 2.02. The number of hydrogen-bond acceptors (Lipinski definition) is 5. The lowest BCUT2D eigenvalue weighted by Gasteiger charge is -2.21. The van der Waals surface area contributed by atoms with E-state index >= 15 is 0 Å². The van der Waals surface area contributed by atoms with Crippen LogP contribution >= 0.6 is 0 Å². The maximum atomic E-state index is 6.44. The summed E-state index contributed by atoms with van der Waals surface area (Å²) in [6.07, 6.45) is 13.3. The van der Waals surface area contributed by atoms with Crippen molar-refractivity contribution in [2.75, 3.05) is 19.6 Å². The van der Waals surface area contributed by atoms with Gasteiger partial charge in [0.25, 0.3) is 0 Å². The molecule has 0 bridgehead atoms. The van der Waals surface area contributed by atoms with Gasteiger partial charge < -0.3 is 25.1 Å². The molecule has 0 fully saturated rings. The van der Waals surface area contributed by atoms with Gasteiger partial charge in [0.2, 0.25) is 0 Å². The van der Waals surface area contributed by atoms with Gasteiger partial charge in [0.05, 0.1) is 13.1 Å². The van der Waals surface area contributed by atoms with Gasteiger partial charge in [-0.05, 0) is 62.9 Å². The Labute approximate surface area is 205 Å². The first-order valence-electron chi connectivity index (χ1n) is 12.8. The molecule has 0 aliphatic heterocycles. The van der Waals surface area contributed by atoms with Crippen LogP contribution in [0.25, 0.3) is 0 Å². The quantitative estimate of drug-likeness (QED) is 0.337. The van der Waals surface area contributed by atoms with Crippen molar-refractivity contribution in [1.29, 1.82) is 0 Å². The minimum absolute atomic E-state index is 0.228. The van der Waals surface area contributed by atoms with Crippen molar-refractivity contribution in [3.05, 3.63) is 71.8 Å². The average Bonchev–Trinajstić information content (AvgIpc) is 3.44. The van der Waals surface area contributed by atoms with E-state index in [1.165, 1.54) is 50.0 Å². The molecule has 186 valence electrons. The summed E-state index contributed by atoms with van der Waals surface area (Å²) in [5.41, 5.74) is 9.03. The molecule has 1 unspecified atom stereocenters. The SMILES string of the molecule is CCCN(CCC)CCCC(N)Cc1ccc(CNCc2nccn2Cc2nccn2C)cc1. The lowest BCUT2D eigenvalue weighted by molar-refractivity contribution is 0.266. The Kier molecular flexibility index (Phi) is 10.8. The van der Waals surface area contributed by atoms with Crippen LogP contribution < -0.4 is 11.1 Å². The highest BCUT2D eigenvalue weighted by Crippen LogP contribution is 2.10. The minimum Gasteiger partial charge on any atom is -0.337 e. The first-order chi connectivity index (χ1) is 16.6. The maximum absolute atomic E-state index is 6.44. The number of nitrogens with two attached hydrogens (primary N) is 1. The van der Waals surface area contributed by atoms with E-state index in [0.717, 1.165) is 44.1 Å². The predicted octanol–water partition coefficient (Wildman–Crippen LogP) is 3.73. The van der Waals surface area contributed by atoms with Gasteiger partial charge in [-0.25, -0.2) is 9.97 Å². The molecule has 0 aliphatic carbocycles. The van der Waals surface area contributed by atoms with Gasteiger partial charge in [0.15, 0.2) is 0 Å². The Morgan fingerprint density at radius 2 is 1.59 bits per heavy atom. The zero-order valence-corrected chi connectivity index (χ0v) is 21.3. The average molecular weight is 466 g/mol. The lowest BCUT2D eigenvalue weighted by Crippen LogP contribution is -2.29. The smallest absolute Gasteiger partial charge is 0.128 e. The molecule has 34 heavy (non-hydrogen) atoms. The minimum atomic E-state index is 0.228. The second-order valence-electron chi connectivity index (χ2n) is 9.29. The molecular formula is C27H43N7. The van der Waals surface area contributed by atoms with Crippen molar-refractivity contribution in [2.45, 2.75) is 71.6 Å². The highest BCUT2D eigenvalue weighted by atomic mass is 15.1. The van der Waals surface area contributed by atoms with E-state index in [0.29, 0.717) is 0 Å². The second kappa shape index (κ2) is 14.0. The van der Waals surface area contributed by atoms with E-state index in [1.807, 2.05) is 36.4 Å². The highest BCUT2D eigenvalue weighted by Gasteiger charge is 2.08. The summed E-state index contributed by atoms with van der Waals surface area (Å²) < 4.78 is 4.18. The van der Waals surface area contributed by atoms with E-state index in [1.54, 1.807) is 0 Å². The number of aromatic nitrogens is 4. The summed E-state index contributed by atoms with van der Waals surface area (Å²) in [4.78, 5) is 11.5. The Morgan fingerprint density at radius 3 is 2.26 bits per heavy atom. The highest BCUT2D eigenvalue weighted by molar-refractivity contribution is 5.23. The summed E-state index contributed by atoms with van der Waals surface area (Å²) in [6.45, 7) is 10.3. The summed E-state index contributed by atoms with van der Waals surface area (Å²) in [6, 6.07) is 9.09. The van der Waals surface area contributed by atoms with Crippen molar-refractivity contribution in [1.82, 2.24) is 29.3 Å². The molecule has 7 heteroatoms. The number of imidazole rings is 2. The second-order valence-corrected chi connectivity index (χ2v) is 9.29. The fourth-order valence-electron chi connectivity index (χ4n) is 4.41. The van der Waals surface area contributed by atoms with Crippen LogP contribution in [0.15, 0.2) is 49.1 Å². The number of hydrogen-bond donors (Lipinski definition) is 2. The largest absolute Gasteiger partial charge is 0.337 e. The zero-order chi connectivity index (χ0) is 24.2. The molecule has 3 rings (SSSR count). The predicted molar refractivity (Wildman–Crippen MR) is 139 cm³/mol. The van der Waals surface area contributed by atoms with Crippen LogP contribution in [-0.4, -0.2) is 49.7 Å². The van der Waals surface area contributed by atoms with E-state index < -0.39 is 0 Å². The summed E-state index contributed by atoms with van der Waals surface area (Å²) >= 11 is 0. The molecule has 0 amide bonds. The molecule has 0 saturated carbocycles. The standard InChI is InChI=1S/C27H43N7/c1-4-14-33(15-5-2)16-6-7-25(28)19-23-8-10-24(11-9-23)20-29-21-26-30-13-18-34(26)22-27-31-12-17-32(27)3/h8-13,17-18,25,29H,4-7,14-16,19-22,28H2,1-3H3. The van der Waals surface area contributed by atoms with Crippen LogP contribution in [-0.2, 0) is 33.1 Å². The van der Waals surface area contributed by atoms with Crippen LogP contribution in [0.2, 0.25) is 0 Å². The van der Waals surface area contributed by atoms with E-state index in [4.69, 9.17) is 5.73 Å². The van der Waals surface area contributed by atoms with Crippen LogP contribution in [0, 0.1) is 0 Å². The molecule has 0 saturated heterocycles. The Balaban J connectivity index is 1.38. The van der Waals surface area contributed by atoms with E-state index in [2.05, 4.69) is 62.9 Å². The van der Waals surface area contributed by atoms with Crippen LogP contribution in [0.1, 0.15) is 62.3 Å². The van der Waals surface area contributed by atoms with Crippen LogP contribution in [0.4, 0.5) is 0 Å². The molecule has 0 aliphatic rings. The third-order valence-corrected chi connectivity index (χ3v) is 6.30. The summed E-state index contributed by atoms with van der Waals surface area (Å²) in [5, 5.41) is 3.52. The van der Waals surface area contributed by atoms with Gasteiger partial charge in [-0.3, -0.25) is 0 Å². The number of rotatable bonds is 16. The van der Waals surface area contributed by atoms with Crippen molar-refractivity contribution in [3.63, 3.8) is 0 Å². The maximum Gasteiger partial charge on any atom is 0.128 e. The fourth-order valence-corrected chi connectivity index (χ4v) is 4.41. The molecule has 3 aromatic rings. The Morgan fingerprint density at radius 1 is 0.912 bits per heavy atom. The molecule has 2 aromatic heterocycles. The van der Waals surface area contributed by atoms with Crippen LogP contribution in [0.5, 0.6) is 0 Å². The van der Waals surface area contributed by atoms with E-state index in [9.17, 15) is 0 Å². The third-order valence-electron chi connectivity index (χ3n) is 6.30. The van der Waals surface area contributed by atoms with Gasteiger partial charge in [0.1, 0.15) is 11.6 Å². The van der Waals surface area contributed by atoms with Gasteiger partial charge in [0, 0.05) is 44.4 Å². The fraction of sp³-hybridized carbons (Fsp3) is 0.556. The number of nitrogens with zero attached hydrogens (tertiary/aromatic N) is 5. The first kappa shape index (κ1) is 26.1. The van der Waals surface area contributed by atoms with Gasteiger partial charge in [-0.1, -0.05) is 38.1 Å². The van der Waals surface area contributed by atoms with Gasteiger partial charge >= 0.3 is 0 Å². The molecule has 1 atom stereocenters. The molecule has 0 radical (unpaired) electrons.